The lowest BCUT2D eigenvalue weighted by Gasteiger charge is -2.09. The van der Waals surface area contributed by atoms with E-state index >= 15 is 0 Å². The number of benzene rings is 1. The Balaban J connectivity index is 2.86. The molecule has 1 nitrogen and oxygen atoms in total. The second-order valence-corrected chi connectivity index (χ2v) is 5.63. The van der Waals surface area contributed by atoms with Gasteiger partial charge >= 0.3 is 0 Å². The molecule has 2 rings (SSSR count). The van der Waals surface area contributed by atoms with Crippen LogP contribution in [0.2, 0.25) is 0 Å². The Kier molecular flexibility index (Phi) is 2.88. The van der Waals surface area contributed by atoms with Crippen LogP contribution < -0.4 is 0 Å². The van der Waals surface area contributed by atoms with E-state index < -0.39 is 0 Å². The van der Waals surface area contributed by atoms with E-state index in [2.05, 4.69) is 81.3 Å². The molecule has 0 spiro atoms. The predicted molar refractivity (Wildman–Crippen MR) is 72.7 cm³/mol. The fourth-order valence-electron chi connectivity index (χ4n) is 1.63. The van der Waals surface area contributed by atoms with Crippen LogP contribution in [0.5, 0.6) is 0 Å². The molecule has 74 valence electrons. The van der Waals surface area contributed by atoms with Gasteiger partial charge in [0.15, 0.2) is 0 Å². The summed E-state index contributed by atoms with van der Waals surface area (Å²) in [5.74, 6) is 0. The van der Waals surface area contributed by atoms with E-state index in [1.54, 1.807) is 0 Å². The number of para-hydroxylation sites is 1. The summed E-state index contributed by atoms with van der Waals surface area (Å²) in [6, 6.07) is 6.84. The maximum Gasteiger partial charge on any atom is 0.0638 e. The highest BCUT2D eigenvalue weighted by Crippen LogP contribution is 2.31. The Morgan fingerprint density at radius 1 is 1.36 bits per heavy atom. The van der Waals surface area contributed by atoms with Crippen LogP contribution in [0.4, 0.5) is 0 Å². The van der Waals surface area contributed by atoms with Crippen molar-refractivity contribution in [2.75, 3.05) is 0 Å². The van der Waals surface area contributed by atoms with Gasteiger partial charge in [0.05, 0.1) is 5.52 Å². The van der Waals surface area contributed by atoms with Gasteiger partial charge in [-0.05, 0) is 58.4 Å². The molecule has 0 aliphatic carbocycles. The van der Waals surface area contributed by atoms with Gasteiger partial charge < -0.3 is 4.57 Å². The van der Waals surface area contributed by atoms with Gasteiger partial charge in [0.25, 0.3) is 0 Å². The summed E-state index contributed by atoms with van der Waals surface area (Å²) in [4.78, 5) is 0. The van der Waals surface area contributed by atoms with Gasteiger partial charge in [0.2, 0.25) is 0 Å². The Hall–Kier alpha value is -0.0300. The van der Waals surface area contributed by atoms with Gasteiger partial charge in [-0.3, -0.25) is 0 Å². The molecule has 1 aromatic heterocycles. The number of aromatic nitrogens is 1. The standard InChI is InChI=1S/C11H11BrIN/c1-7(2)14-6-10(13)8-4-3-5-9(12)11(8)14/h3-7H,1-2H3. The Morgan fingerprint density at radius 2 is 2.07 bits per heavy atom. The zero-order valence-corrected chi connectivity index (χ0v) is 11.8. The summed E-state index contributed by atoms with van der Waals surface area (Å²) in [7, 11) is 0. The zero-order valence-electron chi connectivity index (χ0n) is 8.09. The van der Waals surface area contributed by atoms with Crippen LogP contribution in [0.15, 0.2) is 28.9 Å². The number of rotatable bonds is 1. The molecule has 0 aliphatic heterocycles. The average Bonchev–Trinajstić information content (AvgIpc) is 2.46. The molecule has 1 aromatic carbocycles. The summed E-state index contributed by atoms with van der Waals surface area (Å²) >= 11 is 5.99. The van der Waals surface area contributed by atoms with Crippen LogP contribution in [-0.4, -0.2) is 4.57 Å². The van der Waals surface area contributed by atoms with Crippen LogP contribution in [0.1, 0.15) is 19.9 Å². The first kappa shape index (κ1) is 10.5. The van der Waals surface area contributed by atoms with E-state index in [4.69, 9.17) is 0 Å². The summed E-state index contributed by atoms with van der Waals surface area (Å²) < 4.78 is 4.79. The lowest BCUT2D eigenvalue weighted by Crippen LogP contribution is -1.98. The van der Waals surface area contributed by atoms with Crippen LogP contribution in [0, 0.1) is 3.57 Å². The van der Waals surface area contributed by atoms with Crippen molar-refractivity contribution in [3.05, 3.63) is 32.4 Å². The molecule has 0 aliphatic rings. The van der Waals surface area contributed by atoms with E-state index in [0.717, 1.165) is 0 Å². The monoisotopic (exact) mass is 363 g/mol. The SMILES string of the molecule is CC(C)n1cc(I)c2cccc(Br)c21. The Labute approximate surface area is 106 Å². The predicted octanol–water partition coefficient (Wildman–Crippen LogP) is 4.59. The Morgan fingerprint density at radius 3 is 2.71 bits per heavy atom. The lowest BCUT2D eigenvalue weighted by atomic mass is 10.2. The van der Waals surface area contributed by atoms with E-state index in [1.807, 2.05) is 0 Å². The molecule has 0 saturated heterocycles. The third kappa shape index (κ3) is 1.60. The van der Waals surface area contributed by atoms with Gasteiger partial charge in [-0.1, -0.05) is 12.1 Å². The van der Waals surface area contributed by atoms with Crippen LogP contribution >= 0.6 is 38.5 Å². The van der Waals surface area contributed by atoms with Gasteiger partial charge in [0.1, 0.15) is 0 Å². The summed E-state index contributed by atoms with van der Waals surface area (Å²) in [6.07, 6.45) is 2.21. The van der Waals surface area contributed by atoms with Crippen molar-refractivity contribution in [2.45, 2.75) is 19.9 Å². The molecule has 0 atom stereocenters. The zero-order chi connectivity index (χ0) is 10.3. The maximum absolute atomic E-state index is 3.61. The van der Waals surface area contributed by atoms with Gasteiger partial charge in [0, 0.05) is 25.7 Å². The smallest absolute Gasteiger partial charge is 0.0638 e. The first-order valence-corrected chi connectivity index (χ1v) is 6.43. The highest BCUT2D eigenvalue weighted by atomic mass is 127. The molecule has 0 N–H and O–H groups in total. The fourth-order valence-corrected chi connectivity index (χ4v) is 2.94. The molecule has 3 heteroatoms. The van der Waals surface area contributed by atoms with Gasteiger partial charge in [-0.2, -0.15) is 0 Å². The van der Waals surface area contributed by atoms with Gasteiger partial charge in [-0.25, -0.2) is 0 Å². The molecule has 0 saturated carbocycles. The van der Waals surface area contributed by atoms with E-state index in [-0.39, 0.29) is 0 Å². The molecule has 0 radical (unpaired) electrons. The van der Waals surface area contributed by atoms with E-state index in [9.17, 15) is 0 Å². The molecule has 0 unspecified atom stereocenters. The average molecular weight is 364 g/mol. The van der Waals surface area contributed by atoms with E-state index in [1.165, 1.54) is 18.9 Å². The fraction of sp³-hybridized carbons (Fsp3) is 0.273. The molecular formula is C11H11BrIN. The lowest BCUT2D eigenvalue weighted by molar-refractivity contribution is 0.621. The molecule has 0 bridgehead atoms. The number of hydrogen-bond donors (Lipinski definition) is 0. The van der Waals surface area contributed by atoms with Crippen molar-refractivity contribution in [3.63, 3.8) is 0 Å². The highest BCUT2D eigenvalue weighted by molar-refractivity contribution is 14.1. The number of halogens is 2. The van der Waals surface area contributed by atoms with Crippen molar-refractivity contribution in [1.82, 2.24) is 4.57 Å². The molecule has 0 fully saturated rings. The minimum Gasteiger partial charge on any atom is -0.343 e. The van der Waals surface area contributed by atoms with E-state index in [0.29, 0.717) is 6.04 Å². The first-order valence-electron chi connectivity index (χ1n) is 4.56. The second kappa shape index (κ2) is 3.85. The van der Waals surface area contributed by atoms with Crippen LogP contribution in [-0.2, 0) is 0 Å². The van der Waals surface area contributed by atoms with Crippen LogP contribution in [0.25, 0.3) is 10.9 Å². The van der Waals surface area contributed by atoms with Gasteiger partial charge in [-0.15, -0.1) is 0 Å². The largest absolute Gasteiger partial charge is 0.343 e. The maximum atomic E-state index is 3.61. The molecule has 2 aromatic rings. The van der Waals surface area contributed by atoms with Crippen molar-refractivity contribution in [3.8, 4) is 0 Å². The quantitative estimate of drug-likeness (QED) is 0.653. The molecule has 14 heavy (non-hydrogen) atoms. The van der Waals surface area contributed by atoms with Crippen molar-refractivity contribution >= 4 is 49.4 Å². The van der Waals surface area contributed by atoms with Crippen LogP contribution in [0.3, 0.4) is 0 Å². The number of nitrogens with zero attached hydrogens (tertiary/aromatic N) is 1. The summed E-state index contributed by atoms with van der Waals surface area (Å²) in [5.41, 5.74) is 1.30. The first-order chi connectivity index (χ1) is 6.61. The molecule has 1 heterocycles. The molecular weight excluding hydrogens is 353 g/mol. The summed E-state index contributed by atoms with van der Waals surface area (Å²) in [6.45, 7) is 4.41. The summed E-state index contributed by atoms with van der Waals surface area (Å²) in [5, 5.41) is 1.33. The normalized spacial score (nSPS) is 11.5. The molecule has 0 amide bonds. The third-order valence-corrected chi connectivity index (χ3v) is 3.81. The Bertz CT molecular complexity index is 473. The number of fused-ring (bicyclic) bond motifs is 1. The number of hydrogen-bond acceptors (Lipinski definition) is 0. The minimum absolute atomic E-state index is 0.500. The second-order valence-electron chi connectivity index (χ2n) is 3.61. The minimum atomic E-state index is 0.500. The third-order valence-electron chi connectivity index (χ3n) is 2.31. The topological polar surface area (TPSA) is 4.93 Å². The van der Waals surface area contributed by atoms with Crippen molar-refractivity contribution in [2.24, 2.45) is 0 Å². The highest BCUT2D eigenvalue weighted by Gasteiger charge is 2.10. The van der Waals surface area contributed by atoms with Crippen molar-refractivity contribution in [1.29, 1.82) is 0 Å². The van der Waals surface area contributed by atoms with Crippen molar-refractivity contribution < 1.29 is 0 Å².